The van der Waals surface area contributed by atoms with Gasteiger partial charge in [-0.2, -0.15) is 0 Å². The molecule has 3 rings (SSSR count). The van der Waals surface area contributed by atoms with Gasteiger partial charge in [-0.15, -0.1) is 0 Å². The maximum absolute atomic E-state index is 13.1. The SMILES string of the molecule is CC(C)(C)OC(=O)NCCOCCOCCOCCOCCOCC#Cc1cccc2c1C(=O)N(C1CCC(=O)NC1=O)C2=O. The molecule has 2 aliphatic heterocycles. The smallest absolute Gasteiger partial charge is 0.407 e. The van der Waals surface area contributed by atoms with E-state index in [9.17, 15) is 24.0 Å². The summed E-state index contributed by atoms with van der Waals surface area (Å²) in [5.41, 5.74) is 0.150. The second kappa shape index (κ2) is 18.2. The molecule has 2 aliphatic rings. The van der Waals surface area contributed by atoms with E-state index in [4.69, 9.17) is 28.4 Å². The van der Waals surface area contributed by atoms with Crippen molar-refractivity contribution >= 4 is 29.7 Å². The first kappa shape index (κ1) is 35.6. The van der Waals surface area contributed by atoms with Gasteiger partial charge < -0.3 is 33.7 Å². The lowest BCUT2D eigenvalue weighted by Crippen LogP contribution is -2.54. The Kier molecular flexibility index (Phi) is 14.4. The number of carbonyl (C=O) groups excluding carboxylic acids is 5. The van der Waals surface area contributed by atoms with Crippen LogP contribution in [0.25, 0.3) is 0 Å². The summed E-state index contributed by atoms with van der Waals surface area (Å²) < 4.78 is 32.3. The number of imide groups is 2. The van der Waals surface area contributed by atoms with Gasteiger partial charge in [0.1, 0.15) is 18.2 Å². The van der Waals surface area contributed by atoms with Gasteiger partial charge in [-0.05, 0) is 39.3 Å². The molecule has 1 atom stereocenters. The van der Waals surface area contributed by atoms with Crippen LogP contribution in [-0.4, -0.2) is 119 Å². The van der Waals surface area contributed by atoms with E-state index in [1.165, 1.54) is 6.07 Å². The monoisotopic (exact) mass is 631 g/mol. The highest BCUT2D eigenvalue weighted by atomic mass is 16.6. The van der Waals surface area contributed by atoms with Crippen molar-refractivity contribution in [3.63, 3.8) is 0 Å². The Balaban J connectivity index is 1.19. The number of hydrogen-bond acceptors (Lipinski definition) is 11. The van der Waals surface area contributed by atoms with Gasteiger partial charge in [-0.25, -0.2) is 4.79 Å². The van der Waals surface area contributed by atoms with E-state index in [0.29, 0.717) is 71.6 Å². The summed E-state index contributed by atoms with van der Waals surface area (Å²) in [4.78, 5) is 62.1. The zero-order chi connectivity index (χ0) is 32.7. The Hall–Kier alpha value is -3.87. The highest BCUT2D eigenvalue weighted by Gasteiger charge is 2.45. The van der Waals surface area contributed by atoms with Crippen LogP contribution in [0, 0.1) is 11.8 Å². The van der Waals surface area contributed by atoms with Crippen LogP contribution < -0.4 is 10.6 Å². The average molecular weight is 632 g/mol. The Morgan fingerprint density at radius 1 is 0.889 bits per heavy atom. The summed E-state index contributed by atoms with van der Waals surface area (Å²) in [5.74, 6) is 3.43. The molecule has 1 aromatic carbocycles. The molecule has 1 fully saturated rings. The van der Waals surface area contributed by atoms with Crippen molar-refractivity contribution in [3.05, 3.63) is 34.9 Å². The minimum atomic E-state index is -1.03. The lowest BCUT2D eigenvalue weighted by atomic mass is 10.0. The van der Waals surface area contributed by atoms with Gasteiger partial charge in [-0.3, -0.25) is 29.4 Å². The van der Waals surface area contributed by atoms with Gasteiger partial charge in [0, 0.05) is 18.5 Å². The first-order valence-electron chi connectivity index (χ1n) is 14.8. The molecule has 2 heterocycles. The molecule has 1 unspecified atom stereocenters. The number of nitrogens with zero attached hydrogens (tertiary/aromatic N) is 1. The van der Waals surface area contributed by atoms with Crippen LogP contribution in [-0.2, 0) is 38.0 Å². The molecule has 14 nitrogen and oxygen atoms in total. The topological polar surface area (TPSA) is 168 Å². The maximum atomic E-state index is 13.1. The zero-order valence-electron chi connectivity index (χ0n) is 25.9. The highest BCUT2D eigenvalue weighted by Crippen LogP contribution is 2.29. The standard InChI is InChI=1S/C31H41N3O11/c1-31(2,3)45-30(39)32-11-13-41-15-17-43-19-21-44-20-18-42-16-14-40-12-5-7-22-6-4-8-23-26(22)29(38)34(28(23)37)24-9-10-25(35)33-27(24)36/h4,6,8,24H,9-21H2,1-3H3,(H,32,39)(H,33,35,36). The molecule has 0 saturated carbocycles. The highest BCUT2D eigenvalue weighted by molar-refractivity contribution is 6.24. The largest absolute Gasteiger partial charge is 0.444 e. The fourth-order valence-electron chi connectivity index (χ4n) is 4.29. The fraction of sp³-hybridized carbons (Fsp3) is 0.581. The van der Waals surface area contributed by atoms with Gasteiger partial charge in [0.2, 0.25) is 11.8 Å². The minimum absolute atomic E-state index is 0.0525. The summed E-state index contributed by atoms with van der Waals surface area (Å²) in [5, 5.41) is 4.79. The molecule has 14 heteroatoms. The lowest BCUT2D eigenvalue weighted by Gasteiger charge is -2.27. The predicted molar refractivity (Wildman–Crippen MR) is 158 cm³/mol. The van der Waals surface area contributed by atoms with Crippen LogP contribution in [0.1, 0.15) is 59.9 Å². The third kappa shape index (κ3) is 11.9. The van der Waals surface area contributed by atoms with Crippen molar-refractivity contribution in [2.24, 2.45) is 0 Å². The molecule has 45 heavy (non-hydrogen) atoms. The molecule has 246 valence electrons. The summed E-state index contributed by atoms with van der Waals surface area (Å²) in [6.45, 7) is 9.27. The van der Waals surface area contributed by atoms with Gasteiger partial charge in [-0.1, -0.05) is 17.9 Å². The minimum Gasteiger partial charge on any atom is -0.444 e. The number of benzene rings is 1. The molecule has 2 N–H and O–H groups in total. The number of piperidine rings is 1. The Morgan fingerprint density at radius 2 is 1.49 bits per heavy atom. The van der Waals surface area contributed by atoms with Crippen molar-refractivity contribution < 1.29 is 52.4 Å². The number of carbonyl (C=O) groups is 5. The number of nitrogens with one attached hydrogen (secondary N) is 2. The quantitative estimate of drug-likeness (QED) is 0.143. The number of alkyl carbamates (subject to hydrolysis) is 1. The second-order valence-electron chi connectivity index (χ2n) is 10.9. The summed E-state index contributed by atoms with van der Waals surface area (Å²) in [7, 11) is 0. The van der Waals surface area contributed by atoms with E-state index in [1.54, 1.807) is 32.9 Å². The Labute approximate surface area is 262 Å². The molecule has 1 aromatic rings. The predicted octanol–water partition coefficient (Wildman–Crippen LogP) is 1.05. The normalized spacial score (nSPS) is 16.2. The van der Waals surface area contributed by atoms with Crippen LogP contribution in [0.3, 0.4) is 0 Å². The van der Waals surface area contributed by atoms with Gasteiger partial charge in [0.15, 0.2) is 0 Å². The van der Waals surface area contributed by atoms with Crippen LogP contribution in [0.15, 0.2) is 18.2 Å². The van der Waals surface area contributed by atoms with E-state index >= 15 is 0 Å². The number of hydrogen-bond donors (Lipinski definition) is 2. The Bertz CT molecular complexity index is 1270. The number of fused-ring (bicyclic) bond motifs is 1. The van der Waals surface area contributed by atoms with Crippen LogP contribution >= 0.6 is 0 Å². The fourth-order valence-corrected chi connectivity index (χ4v) is 4.29. The molecular formula is C31H41N3O11. The van der Waals surface area contributed by atoms with Crippen molar-refractivity contribution in [2.75, 3.05) is 72.6 Å². The van der Waals surface area contributed by atoms with E-state index in [-0.39, 0.29) is 30.6 Å². The van der Waals surface area contributed by atoms with Crippen molar-refractivity contribution in [3.8, 4) is 11.8 Å². The zero-order valence-corrected chi connectivity index (χ0v) is 25.9. The molecule has 0 aromatic heterocycles. The third-order valence-electron chi connectivity index (χ3n) is 6.27. The summed E-state index contributed by atoms with van der Waals surface area (Å²) in [6, 6.07) is 3.74. The molecule has 0 radical (unpaired) electrons. The van der Waals surface area contributed by atoms with E-state index in [1.807, 2.05) is 0 Å². The van der Waals surface area contributed by atoms with Crippen molar-refractivity contribution in [1.29, 1.82) is 0 Å². The lowest BCUT2D eigenvalue weighted by molar-refractivity contribution is -0.136. The number of amides is 5. The van der Waals surface area contributed by atoms with Gasteiger partial charge in [0.25, 0.3) is 11.8 Å². The van der Waals surface area contributed by atoms with Gasteiger partial charge in [0.05, 0.1) is 70.6 Å². The van der Waals surface area contributed by atoms with Gasteiger partial charge >= 0.3 is 6.09 Å². The summed E-state index contributed by atoms with van der Waals surface area (Å²) in [6.07, 6.45) is -0.337. The number of ether oxygens (including phenoxy) is 6. The second-order valence-corrected chi connectivity index (χ2v) is 10.9. The number of rotatable bonds is 17. The van der Waals surface area contributed by atoms with Crippen molar-refractivity contribution in [1.82, 2.24) is 15.5 Å². The van der Waals surface area contributed by atoms with E-state index < -0.39 is 41.4 Å². The molecule has 0 bridgehead atoms. The first-order valence-corrected chi connectivity index (χ1v) is 14.8. The van der Waals surface area contributed by atoms with Crippen LogP contribution in [0.2, 0.25) is 0 Å². The molecule has 0 aliphatic carbocycles. The molecule has 5 amide bonds. The van der Waals surface area contributed by atoms with E-state index in [2.05, 4.69) is 22.5 Å². The first-order chi connectivity index (χ1) is 21.6. The summed E-state index contributed by atoms with van der Waals surface area (Å²) >= 11 is 0. The molecule has 0 spiro atoms. The van der Waals surface area contributed by atoms with Crippen molar-refractivity contribution in [2.45, 2.75) is 45.3 Å². The Morgan fingerprint density at radius 3 is 2.09 bits per heavy atom. The molecular weight excluding hydrogens is 590 g/mol. The molecule has 1 saturated heterocycles. The van der Waals surface area contributed by atoms with Crippen LogP contribution in [0.4, 0.5) is 4.79 Å². The average Bonchev–Trinajstić information content (AvgIpc) is 3.23. The maximum Gasteiger partial charge on any atom is 0.407 e. The third-order valence-corrected chi connectivity index (χ3v) is 6.27. The van der Waals surface area contributed by atoms with E-state index in [0.717, 1.165) is 4.90 Å². The van der Waals surface area contributed by atoms with Crippen LogP contribution in [0.5, 0.6) is 0 Å².